The Morgan fingerprint density at radius 2 is 1.91 bits per heavy atom. The van der Waals surface area contributed by atoms with E-state index in [-0.39, 0.29) is 23.5 Å². The summed E-state index contributed by atoms with van der Waals surface area (Å²) in [5.74, 6) is 1.46. The zero-order chi connectivity index (χ0) is 24.7. The van der Waals surface area contributed by atoms with Crippen LogP contribution >= 0.6 is 0 Å². The summed E-state index contributed by atoms with van der Waals surface area (Å²) in [7, 11) is 5.76. The summed E-state index contributed by atoms with van der Waals surface area (Å²) >= 11 is 0. The van der Waals surface area contributed by atoms with Crippen molar-refractivity contribution in [3.8, 4) is 5.75 Å². The minimum Gasteiger partial charge on any atom is -0.497 e. The highest BCUT2D eigenvalue weighted by Crippen LogP contribution is 2.50. The summed E-state index contributed by atoms with van der Waals surface area (Å²) in [5, 5.41) is 3.40. The fourth-order valence-electron chi connectivity index (χ4n) is 6.39. The van der Waals surface area contributed by atoms with Gasteiger partial charge < -0.3 is 19.7 Å². The van der Waals surface area contributed by atoms with Crippen LogP contribution in [0.15, 0.2) is 54.6 Å². The first-order valence-corrected chi connectivity index (χ1v) is 13.2. The van der Waals surface area contributed by atoms with Crippen LogP contribution in [-0.2, 0) is 21.4 Å². The molecule has 1 N–H and O–H groups in total. The van der Waals surface area contributed by atoms with Gasteiger partial charge in [0.15, 0.2) is 0 Å². The Morgan fingerprint density at radius 3 is 2.69 bits per heavy atom. The first kappa shape index (κ1) is 25.7. The molecule has 4 unspecified atom stereocenters. The number of hydrogen-bond acceptors (Lipinski definition) is 4. The Labute approximate surface area is 211 Å². The topological polar surface area (TPSA) is 50.8 Å². The minimum atomic E-state index is -0.0202. The van der Waals surface area contributed by atoms with Crippen molar-refractivity contribution in [2.24, 2.45) is 5.92 Å². The molecule has 0 aromatic heterocycles. The van der Waals surface area contributed by atoms with Gasteiger partial charge >= 0.3 is 0 Å². The average Bonchev–Trinajstić information content (AvgIpc) is 2.89. The number of aryl methyl sites for hydroxylation is 1. The molecule has 1 aliphatic carbocycles. The smallest absolute Gasteiger partial charge is 0.220 e. The second-order valence-electron chi connectivity index (χ2n) is 10.5. The maximum absolute atomic E-state index is 12.9. The van der Waals surface area contributed by atoms with E-state index in [1.807, 2.05) is 13.2 Å². The predicted octanol–water partition coefficient (Wildman–Crippen LogP) is 4.98. The lowest BCUT2D eigenvalue weighted by molar-refractivity contribution is -0.124. The van der Waals surface area contributed by atoms with E-state index >= 15 is 0 Å². The largest absolute Gasteiger partial charge is 0.497 e. The van der Waals surface area contributed by atoms with Crippen LogP contribution in [0.3, 0.4) is 0 Å². The molecule has 1 aliphatic heterocycles. The quantitative estimate of drug-likeness (QED) is 0.489. The Morgan fingerprint density at radius 1 is 1.09 bits per heavy atom. The molecule has 4 atom stereocenters. The zero-order valence-electron chi connectivity index (χ0n) is 21.7. The molecule has 0 bridgehead atoms. The van der Waals surface area contributed by atoms with Crippen LogP contribution in [0.2, 0.25) is 0 Å². The molecule has 2 fully saturated rings. The number of nitrogens with one attached hydrogen (secondary N) is 1. The number of rotatable bonds is 10. The van der Waals surface area contributed by atoms with Gasteiger partial charge in [0.25, 0.3) is 0 Å². The summed E-state index contributed by atoms with van der Waals surface area (Å²) in [6.07, 6.45) is 7.84. The third-order valence-corrected chi connectivity index (χ3v) is 8.26. The van der Waals surface area contributed by atoms with Gasteiger partial charge in [0.05, 0.1) is 13.2 Å². The van der Waals surface area contributed by atoms with Crippen LogP contribution in [0.1, 0.15) is 56.1 Å². The van der Waals surface area contributed by atoms with Gasteiger partial charge in [-0.15, -0.1) is 0 Å². The zero-order valence-corrected chi connectivity index (χ0v) is 21.7. The highest BCUT2D eigenvalue weighted by Gasteiger charge is 2.52. The predicted molar refractivity (Wildman–Crippen MR) is 141 cm³/mol. The van der Waals surface area contributed by atoms with Crippen molar-refractivity contribution >= 4 is 5.91 Å². The van der Waals surface area contributed by atoms with E-state index in [0.29, 0.717) is 12.3 Å². The molecule has 1 saturated heterocycles. The van der Waals surface area contributed by atoms with Crippen LogP contribution in [-0.4, -0.2) is 57.3 Å². The normalized spacial score (nSPS) is 26.7. The van der Waals surface area contributed by atoms with Gasteiger partial charge in [-0.3, -0.25) is 4.79 Å². The second kappa shape index (κ2) is 12.0. The van der Waals surface area contributed by atoms with Gasteiger partial charge in [-0.25, -0.2) is 0 Å². The van der Waals surface area contributed by atoms with Crippen molar-refractivity contribution in [3.05, 3.63) is 65.7 Å². The molecule has 190 valence electrons. The number of carbonyl (C=O) groups excluding carboxylic acids is 1. The lowest BCUT2D eigenvalue weighted by atomic mass is 9.57. The maximum atomic E-state index is 12.9. The molecule has 4 rings (SSSR count). The summed E-state index contributed by atoms with van der Waals surface area (Å²) in [6.45, 7) is 2.06. The fraction of sp³-hybridized carbons (Fsp3) is 0.567. The molecule has 2 aromatic rings. The van der Waals surface area contributed by atoms with Crippen molar-refractivity contribution in [1.29, 1.82) is 0 Å². The van der Waals surface area contributed by atoms with Gasteiger partial charge in [-0.2, -0.15) is 0 Å². The number of methoxy groups -OCH3 is 2. The highest BCUT2D eigenvalue weighted by atomic mass is 16.5. The number of carbonyl (C=O) groups is 1. The number of amides is 1. The molecule has 35 heavy (non-hydrogen) atoms. The molecule has 1 saturated carbocycles. The summed E-state index contributed by atoms with van der Waals surface area (Å²) in [4.78, 5) is 15.3. The lowest BCUT2D eigenvalue weighted by Gasteiger charge is -2.55. The molecule has 5 nitrogen and oxygen atoms in total. The third kappa shape index (κ3) is 6.25. The Hall–Kier alpha value is -2.37. The van der Waals surface area contributed by atoms with E-state index in [4.69, 9.17) is 9.47 Å². The average molecular weight is 479 g/mol. The van der Waals surface area contributed by atoms with Crippen LogP contribution in [0.4, 0.5) is 0 Å². The summed E-state index contributed by atoms with van der Waals surface area (Å²) in [5.41, 5.74) is 2.67. The van der Waals surface area contributed by atoms with Gasteiger partial charge in [-0.1, -0.05) is 48.9 Å². The molecular weight excluding hydrogens is 436 g/mol. The number of hydrogen-bond donors (Lipinski definition) is 1. The van der Waals surface area contributed by atoms with Crippen molar-refractivity contribution in [2.45, 2.75) is 68.9 Å². The highest BCUT2D eigenvalue weighted by molar-refractivity contribution is 5.76. The van der Waals surface area contributed by atoms with Crippen LogP contribution in [0.25, 0.3) is 0 Å². The standard InChI is InChI=1S/C30H42N2O3/c1-32-18-17-30(24-14-10-15-26(19-24)34-2)21-25(20-28(35-3)27(30)22-32)31-29(33)16-9-5-8-13-23-11-6-4-7-12-23/h4,6-7,10-12,14-15,19,25,27-28H,5,8-9,13,16-18,20-22H2,1-3H3,(H,31,33). The van der Waals surface area contributed by atoms with Crippen molar-refractivity contribution in [1.82, 2.24) is 10.2 Å². The Bertz CT molecular complexity index is 950. The molecule has 0 radical (unpaired) electrons. The van der Waals surface area contributed by atoms with E-state index in [0.717, 1.165) is 63.8 Å². The summed E-state index contributed by atoms with van der Waals surface area (Å²) < 4.78 is 11.6. The number of unbranched alkanes of at least 4 members (excludes halogenated alkanes) is 2. The first-order chi connectivity index (χ1) is 17.0. The molecule has 1 amide bonds. The van der Waals surface area contributed by atoms with E-state index in [1.165, 1.54) is 11.1 Å². The lowest BCUT2D eigenvalue weighted by Crippen LogP contribution is -2.60. The van der Waals surface area contributed by atoms with Crippen LogP contribution in [0.5, 0.6) is 5.75 Å². The number of fused-ring (bicyclic) bond motifs is 1. The third-order valence-electron chi connectivity index (χ3n) is 8.26. The molecular formula is C30H42N2O3. The molecule has 5 heteroatoms. The molecule has 1 heterocycles. The van der Waals surface area contributed by atoms with Gasteiger partial charge in [-0.05, 0) is 75.4 Å². The number of likely N-dealkylation sites (tertiary alicyclic amines) is 1. The van der Waals surface area contributed by atoms with E-state index in [9.17, 15) is 4.79 Å². The molecule has 0 spiro atoms. The summed E-state index contributed by atoms with van der Waals surface area (Å²) in [6, 6.07) is 19.3. The van der Waals surface area contributed by atoms with E-state index < -0.39 is 0 Å². The monoisotopic (exact) mass is 478 g/mol. The first-order valence-electron chi connectivity index (χ1n) is 13.2. The van der Waals surface area contributed by atoms with Crippen LogP contribution in [0, 0.1) is 5.92 Å². The van der Waals surface area contributed by atoms with E-state index in [2.05, 4.69) is 65.8 Å². The molecule has 2 aliphatic rings. The van der Waals surface area contributed by atoms with Crippen molar-refractivity contribution < 1.29 is 14.3 Å². The Balaban J connectivity index is 1.39. The fourth-order valence-corrected chi connectivity index (χ4v) is 6.39. The maximum Gasteiger partial charge on any atom is 0.220 e. The van der Waals surface area contributed by atoms with Gasteiger partial charge in [0, 0.05) is 37.5 Å². The second-order valence-corrected chi connectivity index (χ2v) is 10.5. The number of nitrogens with zero attached hydrogens (tertiary/aromatic N) is 1. The van der Waals surface area contributed by atoms with Crippen molar-refractivity contribution in [2.75, 3.05) is 34.4 Å². The Kier molecular flexibility index (Phi) is 8.85. The number of ether oxygens (including phenoxy) is 2. The van der Waals surface area contributed by atoms with Gasteiger partial charge in [0.2, 0.25) is 5.91 Å². The van der Waals surface area contributed by atoms with E-state index in [1.54, 1.807) is 7.11 Å². The minimum absolute atomic E-state index is 0.0202. The van der Waals surface area contributed by atoms with Crippen molar-refractivity contribution in [3.63, 3.8) is 0 Å². The SMILES string of the molecule is COc1cccc(C23CCN(C)CC2C(OC)CC(NC(=O)CCCCCc2ccccc2)C3)c1. The van der Waals surface area contributed by atoms with Gasteiger partial charge in [0.1, 0.15) is 5.75 Å². The molecule has 2 aromatic carbocycles. The number of benzene rings is 2. The number of piperidine rings is 1. The van der Waals surface area contributed by atoms with Crippen LogP contribution < -0.4 is 10.1 Å².